The molecule has 0 saturated heterocycles. The highest BCUT2D eigenvalue weighted by molar-refractivity contribution is 5.94. The second-order valence-corrected chi connectivity index (χ2v) is 4.69. The Bertz CT molecular complexity index is 539. The molecular formula is C14H20N2O6. The van der Waals surface area contributed by atoms with Gasteiger partial charge in [0, 0.05) is 27.1 Å². The number of nitrogens with zero attached hydrogens (tertiary/aromatic N) is 1. The zero-order chi connectivity index (χ0) is 16.7. The molecule has 22 heavy (non-hydrogen) atoms. The third kappa shape index (κ3) is 4.88. The highest BCUT2D eigenvalue weighted by Crippen LogP contribution is 2.13. The smallest absolute Gasteiger partial charge is 0.326 e. The Balaban J connectivity index is 2.85. The van der Waals surface area contributed by atoms with Crippen molar-refractivity contribution in [2.24, 2.45) is 0 Å². The molecule has 0 radical (unpaired) electrons. The van der Waals surface area contributed by atoms with Crippen molar-refractivity contribution in [1.29, 1.82) is 0 Å². The summed E-state index contributed by atoms with van der Waals surface area (Å²) >= 11 is 0. The van der Waals surface area contributed by atoms with Crippen LogP contribution in [0.2, 0.25) is 0 Å². The van der Waals surface area contributed by atoms with Gasteiger partial charge in [-0.2, -0.15) is 0 Å². The quantitative estimate of drug-likeness (QED) is 0.722. The number of hydrogen-bond acceptors (Lipinski definition) is 5. The summed E-state index contributed by atoms with van der Waals surface area (Å²) in [4.78, 5) is 35.6. The topological polar surface area (TPSA) is 109 Å². The number of rotatable bonds is 8. The van der Waals surface area contributed by atoms with E-state index in [-0.39, 0.29) is 31.4 Å². The van der Waals surface area contributed by atoms with Crippen LogP contribution >= 0.6 is 0 Å². The molecule has 122 valence electrons. The number of carboxylic acids is 1. The lowest BCUT2D eigenvalue weighted by atomic mass is 10.2. The van der Waals surface area contributed by atoms with Gasteiger partial charge < -0.3 is 24.5 Å². The summed E-state index contributed by atoms with van der Waals surface area (Å²) < 4.78 is 10.2. The maximum atomic E-state index is 12.4. The van der Waals surface area contributed by atoms with E-state index in [1.165, 1.54) is 27.0 Å². The molecule has 0 bridgehead atoms. The minimum atomic E-state index is -1.14. The van der Waals surface area contributed by atoms with Gasteiger partial charge in [-0.15, -0.1) is 0 Å². The van der Waals surface area contributed by atoms with Gasteiger partial charge in [-0.1, -0.05) is 0 Å². The van der Waals surface area contributed by atoms with Crippen LogP contribution in [0.3, 0.4) is 0 Å². The molecule has 2 amide bonds. The Morgan fingerprint density at radius 2 is 2.09 bits per heavy atom. The molecule has 0 aliphatic carbocycles. The van der Waals surface area contributed by atoms with Crippen molar-refractivity contribution in [2.75, 3.05) is 20.2 Å². The van der Waals surface area contributed by atoms with Crippen LogP contribution in [0.1, 0.15) is 30.2 Å². The van der Waals surface area contributed by atoms with Crippen LogP contribution < -0.4 is 5.32 Å². The van der Waals surface area contributed by atoms with E-state index in [4.69, 9.17) is 14.3 Å². The number of amides is 2. The molecule has 0 fully saturated rings. The summed E-state index contributed by atoms with van der Waals surface area (Å²) in [6.07, 6.45) is 0. The van der Waals surface area contributed by atoms with Gasteiger partial charge in [0.1, 0.15) is 18.4 Å². The van der Waals surface area contributed by atoms with Gasteiger partial charge in [-0.25, -0.2) is 4.79 Å². The van der Waals surface area contributed by atoms with Crippen molar-refractivity contribution >= 4 is 17.8 Å². The van der Waals surface area contributed by atoms with E-state index in [1.807, 2.05) is 0 Å². The number of methoxy groups -OCH3 is 1. The number of ether oxygens (including phenoxy) is 1. The Labute approximate surface area is 128 Å². The molecule has 1 aromatic rings. The lowest BCUT2D eigenvalue weighted by Crippen LogP contribution is -2.46. The van der Waals surface area contributed by atoms with Crippen molar-refractivity contribution in [1.82, 2.24) is 10.2 Å². The van der Waals surface area contributed by atoms with Crippen molar-refractivity contribution in [2.45, 2.75) is 26.5 Å². The summed E-state index contributed by atoms with van der Waals surface area (Å²) in [6, 6.07) is 2.02. The van der Waals surface area contributed by atoms with E-state index in [0.29, 0.717) is 5.76 Å². The monoisotopic (exact) mass is 312 g/mol. The average Bonchev–Trinajstić information content (AvgIpc) is 2.91. The second kappa shape index (κ2) is 8.18. The molecule has 1 atom stereocenters. The fourth-order valence-corrected chi connectivity index (χ4v) is 1.81. The summed E-state index contributed by atoms with van der Waals surface area (Å²) in [5.41, 5.74) is 0. The van der Waals surface area contributed by atoms with Gasteiger partial charge in [-0.05, 0) is 19.1 Å². The summed E-state index contributed by atoms with van der Waals surface area (Å²) in [5.74, 6) is -1.45. The first-order chi connectivity index (χ1) is 10.4. The second-order valence-electron chi connectivity index (χ2n) is 4.69. The van der Waals surface area contributed by atoms with Gasteiger partial charge in [-0.3, -0.25) is 9.59 Å². The zero-order valence-corrected chi connectivity index (χ0v) is 12.8. The SMILES string of the molecule is COCc1ccc(C(=O)N(CCNC(C)=O)C(C)C(=O)O)o1. The highest BCUT2D eigenvalue weighted by atomic mass is 16.5. The third-order valence-electron chi connectivity index (χ3n) is 2.97. The molecule has 0 aliphatic heterocycles. The van der Waals surface area contributed by atoms with Crippen LogP contribution in [0, 0.1) is 0 Å². The van der Waals surface area contributed by atoms with Crippen LogP contribution in [0.5, 0.6) is 0 Å². The van der Waals surface area contributed by atoms with Crippen LogP contribution in [0.4, 0.5) is 0 Å². The van der Waals surface area contributed by atoms with E-state index in [9.17, 15) is 14.4 Å². The molecule has 0 aromatic carbocycles. The number of furan rings is 1. The number of hydrogen-bond donors (Lipinski definition) is 2. The molecule has 0 spiro atoms. The van der Waals surface area contributed by atoms with Crippen molar-refractivity contribution in [3.8, 4) is 0 Å². The number of aliphatic carboxylic acids is 1. The maximum Gasteiger partial charge on any atom is 0.326 e. The van der Waals surface area contributed by atoms with E-state index in [0.717, 1.165) is 4.90 Å². The van der Waals surface area contributed by atoms with Crippen LogP contribution in [-0.2, 0) is 20.9 Å². The van der Waals surface area contributed by atoms with Gasteiger partial charge in [0.25, 0.3) is 5.91 Å². The molecule has 1 rings (SSSR count). The van der Waals surface area contributed by atoms with Crippen molar-refractivity contribution in [3.63, 3.8) is 0 Å². The zero-order valence-electron chi connectivity index (χ0n) is 12.8. The van der Waals surface area contributed by atoms with Crippen LogP contribution in [0.25, 0.3) is 0 Å². The van der Waals surface area contributed by atoms with Crippen molar-refractivity contribution < 1.29 is 28.6 Å². The molecule has 0 aliphatic rings. The molecule has 1 heterocycles. The minimum Gasteiger partial charge on any atom is -0.480 e. The molecular weight excluding hydrogens is 292 g/mol. The first kappa shape index (κ1) is 17.7. The predicted octanol–water partition coefficient (Wildman–Crippen LogP) is 0.477. The first-order valence-corrected chi connectivity index (χ1v) is 6.72. The average molecular weight is 312 g/mol. The van der Waals surface area contributed by atoms with Crippen LogP contribution in [0.15, 0.2) is 16.5 Å². The Morgan fingerprint density at radius 3 is 2.64 bits per heavy atom. The Kier molecular flexibility index (Phi) is 6.58. The first-order valence-electron chi connectivity index (χ1n) is 6.72. The highest BCUT2D eigenvalue weighted by Gasteiger charge is 2.28. The Hall–Kier alpha value is -2.35. The molecule has 1 unspecified atom stereocenters. The van der Waals surface area contributed by atoms with Gasteiger partial charge in [0.2, 0.25) is 5.91 Å². The number of carbonyl (C=O) groups excluding carboxylic acids is 2. The minimum absolute atomic E-state index is 0.0305. The predicted molar refractivity (Wildman–Crippen MR) is 76.2 cm³/mol. The van der Waals surface area contributed by atoms with Crippen LogP contribution in [-0.4, -0.2) is 54.0 Å². The molecule has 0 saturated carbocycles. The molecule has 1 aromatic heterocycles. The Morgan fingerprint density at radius 1 is 1.41 bits per heavy atom. The fraction of sp³-hybridized carbons (Fsp3) is 0.500. The van der Waals surface area contributed by atoms with Gasteiger partial charge in [0.15, 0.2) is 5.76 Å². The van der Waals surface area contributed by atoms with Gasteiger partial charge in [0.05, 0.1) is 0 Å². The van der Waals surface area contributed by atoms with E-state index in [1.54, 1.807) is 6.07 Å². The third-order valence-corrected chi connectivity index (χ3v) is 2.97. The summed E-state index contributed by atoms with van der Waals surface area (Å²) in [6.45, 7) is 3.17. The fourth-order valence-electron chi connectivity index (χ4n) is 1.81. The largest absolute Gasteiger partial charge is 0.480 e. The number of carboxylic acid groups (broad SMARTS) is 1. The van der Waals surface area contributed by atoms with E-state index < -0.39 is 17.9 Å². The molecule has 8 nitrogen and oxygen atoms in total. The molecule has 2 N–H and O–H groups in total. The lowest BCUT2D eigenvalue weighted by Gasteiger charge is -2.25. The molecule has 8 heteroatoms. The lowest BCUT2D eigenvalue weighted by molar-refractivity contribution is -0.141. The maximum absolute atomic E-state index is 12.4. The summed E-state index contributed by atoms with van der Waals surface area (Å²) in [5, 5.41) is 11.6. The number of nitrogens with one attached hydrogen (secondary N) is 1. The number of carbonyl (C=O) groups is 3. The normalized spacial score (nSPS) is 11.8. The standard InChI is InChI=1S/C14H20N2O6/c1-9(14(19)20)16(7-6-15-10(2)17)13(18)12-5-4-11(22-12)8-21-3/h4-5,9H,6-8H2,1-3H3,(H,15,17)(H,19,20). The van der Waals surface area contributed by atoms with E-state index >= 15 is 0 Å². The van der Waals surface area contributed by atoms with E-state index in [2.05, 4.69) is 5.32 Å². The van der Waals surface area contributed by atoms with Crippen molar-refractivity contribution in [3.05, 3.63) is 23.7 Å². The summed E-state index contributed by atoms with van der Waals surface area (Å²) in [7, 11) is 1.50. The van der Waals surface area contributed by atoms with Gasteiger partial charge >= 0.3 is 5.97 Å².